The van der Waals surface area contributed by atoms with E-state index in [1.807, 2.05) is 5.38 Å². The van der Waals surface area contributed by atoms with Gasteiger partial charge < -0.3 is 0 Å². The summed E-state index contributed by atoms with van der Waals surface area (Å²) in [6.45, 7) is 0.555. The molecule has 5 nitrogen and oxygen atoms in total. The van der Waals surface area contributed by atoms with E-state index in [4.69, 9.17) is 0 Å². The maximum absolute atomic E-state index is 12.5. The molecule has 1 aromatic heterocycles. The van der Waals surface area contributed by atoms with Crippen LogP contribution < -0.4 is 5.32 Å². The number of nitrogens with one attached hydrogen (secondary N) is 1. The molecule has 2 aliphatic rings. The summed E-state index contributed by atoms with van der Waals surface area (Å²) in [6.07, 6.45) is 8.67. The van der Waals surface area contributed by atoms with Crippen LogP contribution in [0.15, 0.2) is 11.6 Å². The van der Waals surface area contributed by atoms with Gasteiger partial charge in [0.25, 0.3) is 0 Å². The average molecular weight is 307 g/mol. The van der Waals surface area contributed by atoms with Gasteiger partial charge in [0.15, 0.2) is 0 Å². The second kappa shape index (κ2) is 6.66. The van der Waals surface area contributed by atoms with E-state index in [2.05, 4.69) is 10.3 Å². The van der Waals surface area contributed by atoms with E-state index in [1.165, 1.54) is 12.8 Å². The highest BCUT2D eigenvalue weighted by Gasteiger charge is 2.41. The van der Waals surface area contributed by atoms with Crippen molar-refractivity contribution >= 4 is 23.2 Å². The van der Waals surface area contributed by atoms with Crippen molar-refractivity contribution in [2.24, 2.45) is 0 Å². The van der Waals surface area contributed by atoms with Crippen molar-refractivity contribution in [3.63, 3.8) is 0 Å². The maximum atomic E-state index is 12.5. The van der Waals surface area contributed by atoms with E-state index in [0.717, 1.165) is 30.7 Å². The Morgan fingerprint density at radius 3 is 2.67 bits per heavy atom. The number of carbonyl (C=O) groups is 2. The minimum absolute atomic E-state index is 0.0106. The third-order valence-electron chi connectivity index (χ3n) is 4.36. The lowest BCUT2D eigenvalue weighted by Gasteiger charge is -2.25. The van der Waals surface area contributed by atoms with Crippen LogP contribution in [0.3, 0.4) is 0 Å². The fourth-order valence-electron chi connectivity index (χ4n) is 3.26. The number of nitrogens with zero attached hydrogens (tertiary/aromatic N) is 2. The minimum Gasteiger partial charge on any atom is -0.299 e. The summed E-state index contributed by atoms with van der Waals surface area (Å²) in [5.74, 6) is -0.0491. The van der Waals surface area contributed by atoms with Gasteiger partial charge in [0.2, 0.25) is 11.8 Å². The van der Waals surface area contributed by atoms with Gasteiger partial charge in [-0.15, -0.1) is 11.3 Å². The molecule has 2 heterocycles. The minimum atomic E-state index is -0.371. The number of thiazole rings is 1. The highest BCUT2D eigenvalue weighted by molar-refractivity contribution is 7.09. The van der Waals surface area contributed by atoms with E-state index in [1.54, 1.807) is 22.4 Å². The predicted octanol–water partition coefficient (Wildman–Crippen LogP) is 2.08. The molecule has 2 fully saturated rings. The van der Waals surface area contributed by atoms with Crippen LogP contribution in [0, 0.1) is 0 Å². The lowest BCUT2D eigenvalue weighted by molar-refractivity contribution is -0.141. The molecular weight excluding hydrogens is 286 g/mol. The summed E-state index contributed by atoms with van der Waals surface area (Å²) in [4.78, 5) is 30.5. The fourth-order valence-corrected chi connectivity index (χ4v) is 3.83. The molecule has 114 valence electrons. The first-order chi connectivity index (χ1) is 10.3. The Bertz CT molecular complexity index is 495. The summed E-state index contributed by atoms with van der Waals surface area (Å²) >= 11 is 1.56. The quantitative estimate of drug-likeness (QED) is 0.683. The zero-order valence-corrected chi connectivity index (χ0v) is 12.9. The molecule has 1 aliphatic heterocycles. The molecule has 0 radical (unpaired) electrons. The lowest BCUT2D eigenvalue weighted by atomic mass is 10.1. The van der Waals surface area contributed by atoms with Gasteiger partial charge in [-0.3, -0.25) is 19.8 Å². The Hall–Kier alpha value is -1.27. The Labute approximate surface area is 128 Å². The van der Waals surface area contributed by atoms with E-state index in [9.17, 15) is 9.59 Å². The summed E-state index contributed by atoms with van der Waals surface area (Å²) in [5, 5.41) is 6.05. The normalized spacial score (nSPS) is 24.6. The summed E-state index contributed by atoms with van der Waals surface area (Å²) in [6, 6.07) is -0.246. The van der Waals surface area contributed by atoms with Gasteiger partial charge in [-0.1, -0.05) is 25.7 Å². The molecular formula is C15H21N3O2S. The third-order valence-corrected chi connectivity index (χ3v) is 5.14. The number of hydrogen-bond acceptors (Lipinski definition) is 5. The molecule has 2 amide bonds. The fraction of sp³-hybridized carbons (Fsp3) is 0.667. The van der Waals surface area contributed by atoms with Crippen molar-refractivity contribution in [3.8, 4) is 0 Å². The van der Waals surface area contributed by atoms with Crippen LogP contribution in [-0.2, 0) is 16.1 Å². The second-order valence-electron chi connectivity index (χ2n) is 5.81. The number of imide groups is 1. The standard InChI is InChI=1S/C15H21N3O2S/c19-14-9-12(17-10-13-16-7-8-21-13)15(20)18(14)11-5-3-1-2-4-6-11/h7-8,11-12,17H,1-6,9-10H2. The average Bonchev–Trinajstić information content (AvgIpc) is 2.98. The number of aromatic nitrogens is 1. The van der Waals surface area contributed by atoms with Gasteiger partial charge in [0, 0.05) is 24.2 Å². The SMILES string of the molecule is O=C1CC(NCc2nccs2)C(=O)N1C1CCCCCC1. The first-order valence-electron chi connectivity index (χ1n) is 7.73. The molecule has 0 aromatic carbocycles. The van der Waals surface area contributed by atoms with Crippen LogP contribution >= 0.6 is 11.3 Å². The van der Waals surface area contributed by atoms with Gasteiger partial charge in [-0.2, -0.15) is 0 Å². The number of rotatable bonds is 4. The Balaban J connectivity index is 1.61. The Morgan fingerprint density at radius 2 is 2.00 bits per heavy atom. The summed E-state index contributed by atoms with van der Waals surface area (Å²) < 4.78 is 0. The smallest absolute Gasteiger partial charge is 0.247 e. The van der Waals surface area contributed by atoms with Gasteiger partial charge in [-0.05, 0) is 12.8 Å². The number of hydrogen-bond donors (Lipinski definition) is 1. The van der Waals surface area contributed by atoms with Crippen LogP contribution in [-0.4, -0.2) is 33.8 Å². The topological polar surface area (TPSA) is 62.3 Å². The van der Waals surface area contributed by atoms with E-state index in [0.29, 0.717) is 13.0 Å². The number of carbonyl (C=O) groups excluding carboxylic acids is 2. The highest BCUT2D eigenvalue weighted by Crippen LogP contribution is 2.26. The van der Waals surface area contributed by atoms with Gasteiger partial charge in [0.05, 0.1) is 12.5 Å². The van der Waals surface area contributed by atoms with Gasteiger partial charge in [0.1, 0.15) is 5.01 Å². The van der Waals surface area contributed by atoms with Gasteiger partial charge in [-0.25, -0.2) is 4.98 Å². The van der Waals surface area contributed by atoms with E-state index in [-0.39, 0.29) is 23.9 Å². The summed E-state index contributed by atoms with van der Waals surface area (Å²) in [7, 11) is 0. The van der Waals surface area contributed by atoms with Crippen molar-refractivity contribution in [1.82, 2.24) is 15.2 Å². The zero-order chi connectivity index (χ0) is 14.7. The second-order valence-corrected chi connectivity index (χ2v) is 6.79. The van der Waals surface area contributed by atoms with Crippen molar-refractivity contribution in [2.45, 2.75) is 63.6 Å². The predicted molar refractivity (Wildman–Crippen MR) is 80.7 cm³/mol. The first-order valence-corrected chi connectivity index (χ1v) is 8.61. The van der Waals surface area contributed by atoms with Crippen LogP contribution in [0.2, 0.25) is 0 Å². The van der Waals surface area contributed by atoms with Crippen LogP contribution in [0.4, 0.5) is 0 Å². The third kappa shape index (κ3) is 3.32. The summed E-state index contributed by atoms with van der Waals surface area (Å²) in [5.41, 5.74) is 0. The molecule has 0 bridgehead atoms. The Morgan fingerprint density at radius 1 is 1.24 bits per heavy atom. The highest BCUT2D eigenvalue weighted by atomic mass is 32.1. The molecule has 1 unspecified atom stereocenters. The molecule has 1 aliphatic carbocycles. The van der Waals surface area contributed by atoms with Crippen LogP contribution in [0.5, 0.6) is 0 Å². The molecule has 1 aromatic rings. The molecule has 1 saturated carbocycles. The lowest BCUT2D eigenvalue weighted by Crippen LogP contribution is -2.43. The van der Waals surface area contributed by atoms with Crippen molar-refractivity contribution in [3.05, 3.63) is 16.6 Å². The molecule has 1 atom stereocenters. The monoisotopic (exact) mass is 307 g/mol. The van der Waals surface area contributed by atoms with Crippen molar-refractivity contribution < 1.29 is 9.59 Å². The van der Waals surface area contributed by atoms with Gasteiger partial charge >= 0.3 is 0 Å². The molecule has 3 rings (SSSR count). The Kier molecular flexibility index (Phi) is 4.65. The first kappa shape index (κ1) is 14.7. The molecule has 21 heavy (non-hydrogen) atoms. The van der Waals surface area contributed by atoms with Crippen LogP contribution in [0.1, 0.15) is 50.0 Å². The molecule has 1 N–H and O–H groups in total. The molecule has 0 spiro atoms. The maximum Gasteiger partial charge on any atom is 0.247 e. The van der Waals surface area contributed by atoms with Crippen LogP contribution in [0.25, 0.3) is 0 Å². The molecule has 6 heteroatoms. The number of likely N-dealkylation sites (tertiary alicyclic amines) is 1. The van der Waals surface area contributed by atoms with Crippen molar-refractivity contribution in [1.29, 1.82) is 0 Å². The largest absolute Gasteiger partial charge is 0.299 e. The molecule has 1 saturated heterocycles. The van der Waals surface area contributed by atoms with E-state index < -0.39 is 0 Å². The van der Waals surface area contributed by atoms with E-state index >= 15 is 0 Å². The van der Waals surface area contributed by atoms with Crippen molar-refractivity contribution in [2.75, 3.05) is 0 Å². The number of amides is 2. The zero-order valence-electron chi connectivity index (χ0n) is 12.1.